The molecule has 1 aromatic heterocycles. The van der Waals surface area contributed by atoms with Crippen LogP contribution in [-0.4, -0.2) is 61.0 Å². The topological polar surface area (TPSA) is 54.7 Å². The average molecular weight is 370 g/mol. The van der Waals surface area contributed by atoms with Crippen LogP contribution in [0.3, 0.4) is 0 Å². The lowest BCUT2D eigenvalue weighted by atomic mass is 10.1. The second-order valence-electron chi connectivity index (χ2n) is 7.21. The van der Waals surface area contributed by atoms with E-state index in [1.54, 1.807) is 0 Å². The van der Waals surface area contributed by atoms with Gasteiger partial charge in [-0.3, -0.25) is 4.99 Å². The van der Waals surface area contributed by atoms with Crippen LogP contribution < -0.4 is 5.32 Å². The fourth-order valence-electron chi connectivity index (χ4n) is 3.52. The third-order valence-corrected chi connectivity index (χ3v) is 5.06. The molecule has 2 aromatic rings. The Balaban J connectivity index is 1.46. The molecule has 1 N–H and O–H groups in total. The summed E-state index contributed by atoms with van der Waals surface area (Å²) in [6.07, 6.45) is 5.33. The number of hydrogen-bond acceptors (Lipinski definition) is 3. The first-order valence-corrected chi connectivity index (χ1v) is 9.77. The van der Waals surface area contributed by atoms with Crippen LogP contribution in [0.15, 0.2) is 41.5 Å². The van der Waals surface area contributed by atoms with Crippen molar-refractivity contribution in [3.8, 4) is 5.69 Å². The molecule has 1 aromatic carbocycles. The molecule has 1 unspecified atom stereocenters. The van der Waals surface area contributed by atoms with Crippen molar-refractivity contribution < 1.29 is 4.74 Å². The predicted octanol–water partition coefficient (Wildman–Crippen LogP) is 2.66. The Kier molecular flexibility index (Phi) is 6.87. The Hall–Kier alpha value is -2.34. The molecule has 0 spiro atoms. The van der Waals surface area contributed by atoms with Crippen molar-refractivity contribution in [1.82, 2.24) is 20.0 Å². The Labute approximate surface area is 162 Å². The largest absolute Gasteiger partial charge is 0.381 e. The van der Waals surface area contributed by atoms with Gasteiger partial charge in [0.15, 0.2) is 5.96 Å². The number of aliphatic imine (C=N–C) groups is 1. The second kappa shape index (κ2) is 9.55. The van der Waals surface area contributed by atoms with Gasteiger partial charge in [-0.1, -0.05) is 18.2 Å². The molecule has 0 bridgehead atoms. The number of rotatable bonds is 7. The van der Waals surface area contributed by atoms with Crippen molar-refractivity contribution >= 4 is 5.96 Å². The fraction of sp³-hybridized carbons (Fsp3) is 0.524. The van der Waals surface area contributed by atoms with E-state index in [0.717, 1.165) is 62.9 Å². The molecule has 1 aliphatic rings. The molecule has 27 heavy (non-hydrogen) atoms. The summed E-state index contributed by atoms with van der Waals surface area (Å²) in [5, 5.41) is 8.13. The first-order valence-electron chi connectivity index (χ1n) is 9.77. The number of para-hydroxylation sites is 1. The lowest BCUT2D eigenvalue weighted by Gasteiger charge is -2.24. The summed E-state index contributed by atoms with van der Waals surface area (Å²) in [6, 6.07) is 10.3. The third kappa shape index (κ3) is 5.32. The molecule has 3 rings (SSSR count). The van der Waals surface area contributed by atoms with E-state index in [4.69, 9.17) is 4.74 Å². The summed E-state index contributed by atoms with van der Waals surface area (Å²) < 4.78 is 7.44. The Morgan fingerprint density at radius 1 is 1.37 bits per heavy atom. The van der Waals surface area contributed by atoms with Crippen molar-refractivity contribution in [1.29, 1.82) is 0 Å². The molecule has 1 aliphatic heterocycles. The van der Waals surface area contributed by atoms with Crippen molar-refractivity contribution in [2.75, 3.05) is 40.4 Å². The maximum atomic E-state index is 5.47. The van der Waals surface area contributed by atoms with E-state index in [9.17, 15) is 0 Å². The smallest absolute Gasteiger partial charge is 0.193 e. The van der Waals surface area contributed by atoms with Gasteiger partial charge in [-0.2, -0.15) is 5.10 Å². The first-order chi connectivity index (χ1) is 13.2. The Bertz CT molecular complexity index is 734. The number of benzene rings is 1. The first kappa shape index (κ1) is 19.4. The molecular formula is C21H31N5O. The molecule has 0 amide bonds. The minimum absolute atomic E-state index is 0.611. The SMILES string of the molecule is CN=C(NCCCc1cn(-c2ccccc2)nc1C)N(C)CC1CCOC1. The molecular weight excluding hydrogens is 338 g/mol. The van der Waals surface area contributed by atoms with Gasteiger partial charge in [0.1, 0.15) is 0 Å². The lowest BCUT2D eigenvalue weighted by Crippen LogP contribution is -2.41. The molecule has 0 saturated carbocycles. The Morgan fingerprint density at radius 2 is 2.19 bits per heavy atom. The van der Waals surface area contributed by atoms with E-state index < -0.39 is 0 Å². The van der Waals surface area contributed by atoms with E-state index in [1.807, 2.05) is 29.9 Å². The van der Waals surface area contributed by atoms with Crippen LogP contribution in [0.5, 0.6) is 0 Å². The van der Waals surface area contributed by atoms with Crippen LogP contribution in [0.2, 0.25) is 0 Å². The number of aryl methyl sites for hydroxylation is 2. The van der Waals surface area contributed by atoms with Crippen molar-refractivity contribution in [3.63, 3.8) is 0 Å². The van der Waals surface area contributed by atoms with Gasteiger partial charge in [0, 0.05) is 45.9 Å². The molecule has 0 aliphatic carbocycles. The van der Waals surface area contributed by atoms with Gasteiger partial charge in [-0.15, -0.1) is 0 Å². The molecule has 1 atom stereocenters. The lowest BCUT2D eigenvalue weighted by molar-refractivity contribution is 0.181. The van der Waals surface area contributed by atoms with Gasteiger partial charge in [-0.05, 0) is 43.9 Å². The highest BCUT2D eigenvalue weighted by Gasteiger charge is 2.18. The summed E-state index contributed by atoms with van der Waals surface area (Å²) in [4.78, 5) is 6.62. The van der Waals surface area contributed by atoms with Crippen LogP contribution in [0.1, 0.15) is 24.1 Å². The van der Waals surface area contributed by atoms with Gasteiger partial charge in [0.25, 0.3) is 0 Å². The van der Waals surface area contributed by atoms with Crippen LogP contribution in [0.25, 0.3) is 5.69 Å². The van der Waals surface area contributed by atoms with Crippen molar-refractivity contribution in [2.45, 2.75) is 26.2 Å². The molecule has 0 radical (unpaired) electrons. The molecule has 146 valence electrons. The third-order valence-electron chi connectivity index (χ3n) is 5.06. The zero-order valence-electron chi connectivity index (χ0n) is 16.7. The van der Waals surface area contributed by atoms with Crippen molar-refractivity contribution in [2.24, 2.45) is 10.9 Å². The van der Waals surface area contributed by atoms with Crippen LogP contribution in [0, 0.1) is 12.8 Å². The zero-order valence-corrected chi connectivity index (χ0v) is 16.7. The summed E-state index contributed by atoms with van der Waals surface area (Å²) in [6.45, 7) is 5.72. The fourth-order valence-corrected chi connectivity index (χ4v) is 3.52. The monoisotopic (exact) mass is 369 g/mol. The van der Waals surface area contributed by atoms with E-state index in [0.29, 0.717) is 5.92 Å². The minimum Gasteiger partial charge on any atom is -0.381 e. The molecule has 1 saturated heterocycles. The van der Waals surface area contributed by atoms with Crippen LogP contribution in [-0.2, 0) is 11.2 Å². The maximum Gasteiger partial charge on any atom is 0.193 e. The normalized spacial score (nSPS) is 17.3. The van der Waals surface area contributed by atoms with E-state index in [-0.39, 0.29) is 0 Å². The second-order valence-corrected chi connectivity index (χ2v) is 7.21. The minimum atomic E-state index is 0.611. The van der Waals surface area contributed by atoms with E-state index in [2.05, 4.69) is 52.6 Å². The van der Waals surface area contributed by atoms with Crippen LogP contribution in [0.4, 0.5) is 0 Å². The van der Waals surface area contributed by atoms with Crippen molar-refractivity contribution in [3.05, 3.63) is 47.8 Å². The zero-order chi connectivity index (χ0) is 19.1. The molecule has 1 fully saturated rings. The summed E-state index contributed by atoms with van der Waals surface area (Å²) in [5.74, 6) is 1.57. The molecule has 6 heteroatoms. The molecule has 2 heterocycles. The summed E-state index contributed by atoms with van der Waals surface area (Å²) in [5.41, 5.74) is 3.50. The van der Waals surface area contributed by atoms with E-state index in [1.165, 1.54) is 5.56 Å². The number of ether oxygens (including phenoxy) is 1. The summed E-state index contributed by atoms with van der Waals surface area (Å²) in [7, 11) is 3.94. The van der Waals surface area contributed by atoms with Gasteiger partial charge < -0.3 is 15.0 Å². The number of nitrogens with one attached hydrogen (secondary N) is 1. The van der Waals surface area contributed by atoms with Gasteiger partial charge >= 0.3 is 0 Å². The Morgan fingerprint density at radius 3 is 2.89 bits per heavy atom. The number of nitrogens with zero attached hydrogens (tertiary/aromatic N) is 4. The van der Waals surface area contributed by atoms with Gasteiger partial charge in [-0.25, -0.2) is 4.68 Å². The van der Waals surface area contributed by atoms with Crippen LogP contribution >= 0.6 is 0 Å². The average Bonchev–Trinajstić information content (AvgIpc) is 3.32. The van der Waals surface area contributed by atoms with E-state index >= 15 is 0 Å². The standard InChI is InChI=1S/C21H31N5O/c1-17-19(15-26(24-17)20-9-5-4-6-10-20)8-7-12-23-21(22-2)25(3)14-18-11-13-27-16-18/h4-6,9-10,15,18H,7-8,11-14,16H2,1-3H3,(H,22,23). The number of guanidine groups is 1. The van der Waals surface area contributed by atoms with Gasteiger partial charge in [0.05, 0.1) is 18.0 Å². The van der Waals surface area contributed by atoms with Gasteiger partial charge in [0.2, 0.25) is 0 Å². The highest BCUT2D eigenvalue weighted by Crippen LogP contribution is 2.14. The highest BCUT2D eigenvalue weighted by atomic mass is 16.5. The maximum absolute atomic E-state index is 5.47. The number of hydrogen-bond donors (Lipinski definition) is 1. The quantitative estimate of drug-likeness (QED) is 0.463. The predicted molar refractivity (Wildman–Crippen MR) is 110 cm³/mol. The molecule has 6 nitrogen and oxygen atoms in total. The summed E-state index contributed by atoms with van der Waals surface area (Å²) >= 11 is 0. The highest BCUT2D eigenvalue weighted by molar-refractivity contribution is 5.79. The number of aromatic nitrogens is 2.